The Morgan fingerprint density at radius 1 is 0.971 bits per heavy atom. The van der Waals surface area contributed by atoms with Crippen LogP contribution in [-0.4, -0.2) is 28.9 Å². The van der Waals surface area contributed by atoms with E-state index in [0.29, 0.717) is 21.6 Å². The van der Waals surface area contributed by atoms with Crippen LogP contribution in [0.2, 0.25) is 5.02 Å². The molecule has 1 aliphatic heterocycles. The maximum absolute atomic E-state index is 6.32. The third kappa shape index (κ3) is 3.97. The predicted molar refractivity (Wildman–Crippen MR) is 138 cm³/mol. The summed E-state index contributed by atoms with van der Waals surface area (Å²) in [6, 6.07) is 23.1. The van der Waals surface area contributed by atoms with E-state index in [-0.39, 0.29) is 12.1 Å². The zero-order chi connectivity index (χ0) is 23.7. The third-order valence-electron chi connectivity index (χ3n) is 5.91. The molecule has 172 valence electrons. The summed E-state index contributed by atoms with van der Waals surface area (Å²) in [6.07, 6.45) is 3.82. The normalized spacial score (nSPS) is 17.5. The van der Waals surface area contributed by atoms with E-state index in [2.05, 4.69) is 25.8 Å². The Morgan fingerprint density at radius 2 is 1.85 bits per heavy atom. The van der Waals surface area contributed by atoms with Gasteiger partial charge in [0.05, 0.1) is 31.6 Å². The van der Waals surface area contributed by atoms with Crippen molar-refractivity contribution in [3.63, 3.8) is 0 Å². The number of aromatic nitrogens is 2. The summed E-state index contributed by atoms with van der Waals surface area (Å²) in [7, 11) is 3.29. The molecule has 34 heavy (non-hydrogen) atoms. The van der Waals surface area contributed by atoms with Gasteiger partial charge in [0.1, 0.15) is 17.5 Å². The maximum Gasteiger partial charge on any atom is 0.174 e. The summed E-state index contributed by atoms with van der Waals surface area (Å²) >= 11 is 12.2. The van der Waals surface area contributed by atoms with Gasteiger partial charge >= 0.3 is 0 Å². The number of halogens is 1. The second kappa shape index (κ2) is 9.37. The smallest absolute Gasteiger partial charge is 0.174 e. The van der Waals surface area contributed by atoms with E-state index >= 15 is 0 Å². The van der Waals surface area contributed by atoms with Gasteiger partial charge in [-0.15, -0.1) is 0 Å². The van der Waals surface area contributed by atoms with Gasteiger partial charge in [-0.25, -0.2) is 0 Å². The van der Waals surface area contributed by atoms with Crippen LogP contribution in [0.3, 0.4) is 0 Å². The number of hydrogen-bond donors (Lipinski definition) is 1. The molecule has 1 N–H and O–H groups in total. The van der Waals surface area contributed by atoms with Crippen LogP contribution in [0.15, 0.2) is 85.2 Å². The zero-order valence-electron chi connectivity index (χ0n) is 18.7. The van der Waals surface area contributed by atoms with Gasteiger partial charge in [0.25, 0.3) is 0 Å². The number of benzene rings is 2. The van der Waals surface area contributed by atoms with Crippen LogP contribution in [0.25, 0.3) is 5.69 Å². The van der Waals surface area contributed by atoms with Crippen LogP contribution in [0.4, 0.5) is 5.69 Å². The van der Waals surface area contributed by atoms with E-state index in [4.69, 9.17) is 33.3 Å². The summed E-state index contributed by atoms with van der Waals surface area (Å²) < 4.78 is 13.4. The van der Waals surface area contributed by atoms with Crippen LogP contribution in [0, 0.1) is 0 Å². The van der Waals surface area contributed by atoms with Crippen LogP contribution in [0.1, 0.15) is 23.5 Å². The number of rotatable bonds is 6. The Kier molecular flexibility index (Phi) is 6.13. The largest absolute Gasteiger partial charge is 0.497 e. The first-order valence-corrected chi connectivity index (χ1v) is 11.5. The lowest BCUT2D eigenvalue weighted by Gasteiger charge is -2.30. The summed E-state index contributed by atoms with van der Waals surface area (Å²) in [6.45, 7) is 0. The molecule has 5 rings (SSSR count). The van der Waals surface area contributed by atoms with Crippen LogP contribution < -0.4 is 19.7 Å². The molecule has 1 fully saturated rings. The van der Waals surface area contributed by atoms with Gasteiger partial charge in [-0.1, -0.05) is 23.7 Å². The van der Waals surface area contributed by atoms with E-state index < -0.39 is 0 Å². The first-order chi connectivity index (χ1) is 16.6. The van der Waals surface area contributed by atoms with E-state index in [9.17, 15) is 0 Å². The molecule has 2 aromatic carbocycles. The number of methoxy groups -OCH3 is 2. The van der Waals surface area contributed by atoms with Crippen molar-refractivity contribution < 1.29 is 9.47 Å². The maximum atomic E-state index is 6.32. The highest BCUT2D eigenvalue weighted by Gasteiger charge is 2.43. The van der Waals surface area contributed by atoms with Crippen molar-refractivity contribution in [2.75, 3.05) is 19.1 Å². The summed E-state index contributed by atoms with van der Waals surface area (Å²) in [5, 5.41) is 4.74. The van der Waals surface area contributed by atoms with Crippen molar-refractivity contribution in [3.05, 3.63) is 102 Å². The molecule has 1 aliphatic rings. The van der Waals surface area contributed by atoms with Crippen molar-refractivity contribution in [2.24, 2.45) is 0 Å². The van der Waals surface area contributed by atoms with Crippen LogP contribution in [-0.2, 0) is 0 Å². The van der Waals surface area contributed by atoms with Gasteiger partial charge in [0.2, 0.25) is 0 Å². The highest BCUT2D eigenvalue weighted by Crippen LogP contribution is 2.46. The van der Waals surface area contributed by atoms with Gasteiger partial charge in [0.15, 0.2) is 5.11 Å². The monoisotopic (exact) mass is 490 g/mol. The lowest BCUT2D eigenvalue weighted by Crippen LogP contribution is -2.30. The average molecular weight is 491 g/mol. The first-order valence-electron chi connectivity index (χ1n) is 10.8. The molecule has 1 saturated heterocycles. The highest BCUT2D eigenvalue weighted by atomic mass is 35.5. The number of nitrogens with one attached hydrogen (secondary N) is 1. The predicted octanol–water partition coefficient (Wildman–Crippen LogP) is 5.72. The fraction of sp³-hybridized carbons (Fsp3) is 0.154. The molecular weight excluding hydrogens is 468 g/mol. The number of thiocarbonyl (C=S) groups is 1. The molecule has 0 bridgehead atoms. The van der Waals surface area contributed by atoms with Crippen LogP contribution >= 0.6 is 23.8 Å². The van der Waals surface area contributed by atoms with E-state index in [1.807, 2.05) is 72.9 Å². The average Bonchev–Trinajstić information content (AvgIpc) is 3.48. The van der Waals surface area contributed by atoms with Crippen molar-refractivity contribution in [1.29, 1.82) is 0 Å². The molecule has 0 unspecified atom stereocenters. The quantitative estimate of drug-likeness (QED) is 0.349. The molecule has 6 nitrogen and oxygen atoms in total. The van der Waals surface area contributed by atoms with Crippen molar-refractivity contribution in [1.82, 2.24) is 14.9 Å². The molecule has 0 radical (unpaired) electrons. The van der Waals surface area contributed by atoms with E-state index in [0.717, 1.165) is 22.8 Å². The van der Waals surface area contributed by atoms with E-state index in [1.165, 1.54) is 0 Å². The molecule has 8 heteroatoms. The van der Waals surface area contributed by atoms with Gasteiger partial charge in [-0.05, 0) is 66.8 Å². The summed E-state index contributed by atoms with van der Waals surface area (Å²) in [5.74, 6) is 1.40. The minimum Gasteiger partial charge on any atom is -0.497 e. The number of anilines is 1. The first kappa shape index (κ1) is 22.3. The Morgan fingerprint density at radius 3 is 2.59 bits per heavy atom. The molecule has 3 heterocycles. The zero-order valence-corrected chi connectivity index (χ0v) is 20.3. The lowest BCUT2D eigenvalue weighted by atomic mass is 10.0. The topological polar surface area (TPSA) is 51.6 Å². The second-order valence-electron chi connectivity index (χ2n) is 7.82. The third-order valence-corrected chi connectivity index (χ3v) is 6.46. The number of pyridine rings is 1. The molecule has 4 aromatic rings. The highest BCUT2D eigenvalue weighted by molar-refractivity contribution is 7.80. The van der Waals surface area contributed by atoms with Gasteiger partial charge < -0.3 is 24.3 Å². The number of nitrogens with zero attached hydrogens (tertiary/aromatic N) is 3. The molecular formula is C26H23ClN4O2S. The SMILES string of the molecule is COc1ccc(OC)c(N2C(=S)N[C@@H](c3ccccn3)[C@H]2c2cccn2-c2cccc(Cl)c2)c1. The standard InChI is InChI=1S/C26H23ClN4O2S/c1-32-19-11-12-23(33-2)22(16-19)31-25(24(29-26(31)34)20-9-3-4-13-28-20)21-10-6-14-30(21)18-8-5-7-17(27)15-18/h3-16,24-25H,1-2H3,(H,29,34)/t24-,25+/m0/s1. The minimum absolute atomic E-state index is 0.197. The minimum atomic E-state index is -0.225. The van der Waals surface area contributed by atoms with Crippen LogP contribution in [0.5, 0.6) is 11.5 Å². The Labute approximate surface area is 208 Å². The Balaban J connectivity index is 1.71. The summed E-state index contributed by atoms with van der Waals surface area (Å²) in [4.78, 5) is 6.72. The Bertz CT molecular complexity index is 1330. The second-order valence-corrected chi connectivity index (χ2v) is 8.64. The number of ether oxygens (including phenoxy) is 2. The van der Waals surface area contributed by atoms with Crippen molar-refractivity contribution in [3.8, 4) is 17.2 Å². The van der Waals surface area contributed by atoms with Gasteiger partial charge in [0, 0.05) is 34.9 Å². The fourth-order valence-corrected chi connectivity index (χ4v) is 4.92. The molecule has 0 spiro atoms. The molecule has 0 aliphatic carbocycles. The summed E-state index contributed by atoms with van der Waals surface area (Å²) in [5.41, 5.74) is 3.68. The molecule has 2 atom stereocenters. The van der Waals surface area contributed by atoms with Gasteiger partial charge in [-0.3, -0.25) is 4.98 Å². The van der Waals surface area contributed by atoms with Crippen molar-refractivity contribution in [2.45, 2.75) is 12.1 Å². The number of hydrogen-bond acceptors (Lipinski definition) is 4. The Hall–Kier alpha value is -3.55. The molecule has 2 aromatic heterocycles. The fourth-order valence-electron chi connectivity index (χ4n) is 4.40. The van der Waals surface area contributed by atoms with Crippen molar-refractivity contribution >= 4 is 34.6 Å². The van der Waals surface area contributed by atoms with Gasteiger partial charge in [-0.2, -0.15) is 0 Å². The lowest BCUT2D eigenvalue weighted by molar-refractivity contribution is 0.402. The molecule has 0 saturated carbocycles. The van der Waals surface area contributed by atoms with E-state index in [1.54, 1.807) is 20.4 Å². The molecule has 0 amide bonds.